The van der Waals surface area contributed by atoms with Gasteiger partial charge in [-0.1, -0.05) is 0 Å². The summed E-state index contributed by atoms with van der Waals surface area (Å²) >= 11 is 0. The predicted molar refractivity (Wildman–Crippen MR) is 114 cm³/mol. The van der Waals surface area contributed by atoms with Crippen molar-refractivity contribution in [2.45, 2.75) is 13.3 Å². The van der Waals surface area contributed by atoms with Crippen LogP contribution in [0.1, 0.15) is 21.5 Å². The maximum atomic E-state index is 12.7. The normalized spacial score (nSPS) is 10.5. The summed E-state index contributed by atoms with van der Waals surface area (Å²) < 4.78 is 31.2. The summed E-state index contributed by atoms with van der Waals surface area (Å²) in [7, 11) is 5.58. The van der Waals surface area contributed by atoms with Crippen molar-refractivity contribution < 1.29 is 37.7 Å². The van der Waals surface area contributed by atoms with Crippen LogP contribution in [-0.4, -0.2) is 40.4 Å². The van der Waals surface area contributed by atoms with Crippen molar-refractivity contribution in [3.63, 3.8) is 0 Å². The van der Waals surface area contributed by atoms with E-state index in [0.29, 0.717) is 28.2 Å². The van der Waals surface area contributed by atoms with Crippen LogP contribution < -0.4 is 24.6 Å². The Morgan fingerprint density at radius 3 is 2.16 bits per heavy atom. The fourth-order valence-corrected chi connectivity index (χ4v) is 3.22. The number of carbonyl (C=O) groups is 2. The van der Waals surface area contributed by atoms with E-state index in [1.807, 2.05) is 0 Å². The summed E-state index contributed by atoms with van der Waals surface area (Å²) in [4.78, 5) is 36.6. The van der Waals surface area contributed by atoms with Crippen molar-refractivity contribution in [1.82, 2.24) is 0 Å². The fourth-order valence-electron chi connectivity index (χ4n) is 3.22. The van der Waals surface area contributed by atoms with E-state index in [0.717, 1.165) is 0 Å². The van der Waals surface area contributed by atoms with Crippen molar-refractivity contribution in [3.05, 3.63) is 57.4 Å². The molecule has 0 aliphatic heterocycles. The highest BCUT2D eigenvalue weighted by atomic mass is 16.5. The molecule has 3 aromatic rings. The van der Waals surface area contributed by atoms with Crippen molar-refractivity contribution in [2.24, 2.45) is 0 Å². The van der Waals surface area contributed by atoms with Gasteiger partial charge in [0.05, 0.1) is 46.0 Å². The minimum atomic E-state index is -0.676. The van der Waals surface area contributed by atoms with Gasteiger partial charge in [0, 0.05) is 11.5 Å². The standard InChI is InChI=1S/C23H22O9/c1-12-15-7-6-14(10-17(15)32-23(26)16(12)11-20(24)29-4)31-22(25)13-8-18(27-2)21(30-5)19(9-13)28-3/h6-10H,11H2,1-5H3. The minimum Gasteiger partial charge on any atom is -0.493 e. The average molecular weight is 442 g/mol. The maximum absolute atomic E-state index is 12.7. The Morgan fingerprint density at radius 1 is 0.938 bits per heavy atom. The highest BCUT2D eigenvalue weighted by molar-refractivity contribution is 5.93. The molecule has 0 N–H and O–H groups in total. The lowest BCUT2D eigenvalue weighted by atomic mass is 10.0. The Balaban J connectivity index is 1.94. The zero-order valence-corrected chi connectivity index (χ0v) is 18.3. The number of fused-ring (bicyclic) bond motifs is 1. The van der Waals surface area contributed by atoms with Crippen molar-refractivity contribution in [2.75, 3.05) is 28.4 Å². The molecule has 0 fully saturated rings. The van der Waals surface area contributed by atoms with Gasteiger partial charge in [0.25, 0.3) is 0 Å². The number of aryl methyl sites for hydroxylation is 1. The number of methoxy groups -OCH3 is 4. The Morgan fingerprint density at radius 2 is 1.59 bits per heavy atom. The molecule has 1 heterocycles. The number of hydrogen-bond acceptors (Lipinski definition) is 9. The Labute approximate surface area is 183 Å². The zero-order chi connectivity index (χ0) is 23.4. The Kier molecular flexibility index (Phi) is 6.67. The second kappa shape index (κ2) is 9.42. The molecule has 32 heavy (non-hydrogen) atoms. The third-order valence-corrected chi connectivity index (χ3v) is 4.92. The number of esters is 2. The molecular formula is C23H22O9. The average Bonchev–Trinajstić information content (AvgIpc) is 2.80. The SMILES string of the molecule is COC(=O)Cc1c(C)c2ccc(OC(=O)c3cc(OC)c(OC)c(OC)c3)cc2oc1=O. The smallest absolute Gasteiger partial charge is 0.343 e. The highest BCUT2D eigenvalue weighted by Gasteiger charge is 2.20. The molecule has 0 aliphatic carbocycles. The summed E-state index contributed by atoms with van der Waals surface area (Å²) in [5, 5.41) is 0.607. The van der Waals surface area contributed by atoms with Gasteiger partial charge in [-0.15, -0.1) is 0 Å². The molecule has 168 valence electrons. The van der Waals surface area contributed by atoms with Gasteiger partial charge in [-0.2, -0.15) is 0 Å². The highest BCUT2D eigenvalue weighted by Crippen LogP contribution is 2.38. The molecule has 9 nitrogen and oxygen atoms in total. The van der Waals surface area contributed by atoms with Crippen LogP contribution in [0.15, 0.2) is 39.5 Å². The molecule has 0 saturated carbocycles. The van der Waals surface area contributed by atoms with Crippen LogP contribution in [0.25, 0.3) is 11.0 Å². The van der Waals surface area contributed by atoms with Gasteiger partial charge in [0.1, 0.15) is 11.3 Å². The number of carbonyl (C=O) groups excluding carboxylic acids is 2. The minimum absolute atomic E-state index is 0.166. The lowest BCUT2D eigenvalue weighted by molar-refractivity contribution is -0.139. The van der Waals surface area contributed by atoms with Crippen molar-refractivity contribution in [1.29, 1.82) is 0 Å². The second-order valence-corrected chi connectivity index (χ2v) is 6.71. The monoisotopic (exact) mass is 442 g/mol. The molecule has 0 unspecified atom stereocenters. The van der Waals surface area contributed by atoms with E-state index in [-0.39, 0.29) is 28.9 Å². The summed E-state index contributed by atoms with van der Waals surface area (Å²) in [6.07, 6.45) is -0.196. The third-order valence-electron chi connectivity index (χ3n) is 4.92. The van der Waals surface area contributed by atoms with Crippen molar-refractivity contribution in [3.8, 4) is 23.0 Å². The van der Waals surface area contributed by atoms with Crippen LogP contribution in [0.5, 0.6) is 23.0 Å². The molecule has 1 aromatic heterocycles. The lowest BCUT2D eigenvalue weighted by Crippen LogP contribution is -2.16. The molecule has 0 radical (unpaired) electrons. The number of rotatable bonds is 7. The predicted octanol–water partition coefficient (Wildman–Crippen LogP) is 3.06. The Hall–Kier alpha value is -4.01. The van der Waals surface area contributed by atoms with E-state index in [2.05, 4.69) is 4.74 Å². The van der Waals surface area contributed by atoms with E-state index in [1.165, 1.54) is 46.6 Å². The van der Waals surface area contributed by atoms with Gasteiger partial charge in [-0.05, 0) is 36.8 Å². The first kappa shape index (κ1) is 22.7. The number of benzene rings is 2. The zero-order valence-electron chi connectivity index (χ0n) is 18.3. The quantitative estimate of drug-likeness (QED) is 0.310. The van der Waals surface area contributed by atoms with E-state index in [9.17, 15) is 14.4 Å². The van der Waals surface area contributed by atoms with Crippen LogP contribution in [0.4, 0.5) is 0 Å². The lowest BCUT2D eigenvalue weighted by Gasteiger charge is -2.14. The van der Waals surface area contributed by atoms with Gasteiger partial charge >= 0.3 is 17.6 Å². The molecule has 0 amide bonds. The largest absolute Gasteiger partial charge is 0.493 e. The van der Waals surface area contributed by atoms with Crippen LogP contribution in [-0.2, 0) is 16.0 Å². The molecule has 0 atom stereocenters. The maximum Gasteiger partial charge on any atom is 0.343 e. The summed E-state index contributed by atoms with van der Waals surface area (Å²) in [6.45, 7) is 1.71. The van der Waals surface area contributed by atoms with Crippen molar-refractivity contribution >= 4 is 22.9 Å². The fraction of sp³-hybridized carbons (Fsp3) is 0.261. The van der Waals surface area contributed by atoms with Crippen LogP contribution in [0.3, 0.4) is 0 Å². The molecule has 9 heteroatoms. The van der Waals surface area contributed by atoms with Crippen LogP contribution in [0, 0.1) is 6.92 Å². The first-order valence-corrected chi connectivity index (χ1v) is 9.48. The molecule has 2 aromatic carbocycles. The van der Waals surface area contributed by atoms with E-state index in [1.54, 1.807) is 19.1 Å². The summed E-state index contributed by atoms with van der Waals surface area (Å²) in [5.74, 6) is -0.105. The molecule has 3 rings (SSSR count). The molecular weight excluding hydrogens is 420 g/mol. The Bertz CT molecular complexity index is 1220. The van der Waals surface area contributed by atoms with Gasteiger partial charge in [0.2, 0.25) is 5.75 Å². The number of hydrogen-bond donors (Lipinski definition) is 0. The van der Waals surface area contributed by atoms with Crippen LogP contribution in [0.2, 0.25) is 0 Å². The van der Waals surface area contributed by atoms with E-state index >= 15 is 0 Å². The summed E-state index contributed by atoms with van der Waals surface area (Å²) in [6, 6.07) is 7.57. The van der Waals surface area contributed by atoms with Gasteiger partial charge in [0.15, 0.2) is 11.5 Å². The first-order chi connectivity index (χ1) is 15.3. The number of ether oxygens (including phenoxy) is 5. The second-order valence-electron chi connectivity index (χ2n) is 6.71. The van der Waals surface area contributed by atoms with E-state index < -0.39 is 17.6 Å². The van der Waals surface area contributed by atoms with Gasteiger partial charge in [-0.3, -0.25) is 4.79 Å². The van der Waals surface area contributed by atoms with Crippen LogP contribution >= 0.6 is 0 Å². The first-order valence-electron chi connectivity index (χ1n) is 9.48. The molecule has 0 spiro atoms. The van der Waals surface area contributed by atoms with E-state index in [4.69, 9.17) is 23.4 Å². The van der Waals surface area contributed by atoms with Gasteiger partial charge < -0.3 is 28.1 Å². The molecule has 0 aliphatic rings. The molecule has 0 bridgehead atoms. The third kappa shape index (κ3) is 4.36. The molecule has 0 saturated heterocycles. The topological polar surface area (TPSA) is 110 Å². The summed E-state index contributed by atoms with van der Waals surface area (Å²) in [5.41, 5.74) is 0.533. The van der Waals surface area contributed by atoms with Gasteiger partial charge in [-0.25, -0.2) is 9.59 Å².